The molecule has 1 atom stereocenters. The Bertz CT molecular complexity index is 2020. The average molecular weight is 559 g/mol. The molecule has 6 aromatic rings. The summed E-state index contributed by atoms with van der Waals surface area (Å²) in [5.41, 5.74) is 3.29. The van der Waals surface area contributed by atoms with Gasteiger partial charge in [-0.15, -0.1) is 0 Å². The quantitative estimate of drug-likeness (QED) is 0.217. The van der Waals surface area contributed by atoms with Gasteiger partial charge in [-0.3, -0.25) is 14.1 Å². The molecule has 2 aromatic carbocycles. The van der Waals surface area contributed by atoms with Gasteiger partial charge in [-0.25, -0.2) is 27.3 Å². The molecule has 202 valence electrons. The van der Waals surface area contributed by atoms with Crippen LogP contribution in [-0.4, -0.2) is 37.6 Å². The molecule has 4 heterocycles. The smallest absolute Gasteiger partial charge is 0.282 e. The van der Waals surface area contributed by atoms with E-state index in [-0.39, 0.29) is 11.2 Å². The second kappa shape index (κ2) is 9.93. The molecule has 6 rings (SSSR count). The molecule has 0 radical (unpaired) electrons. The van der Waals surface area contributed by atoms with Crippen molar-refractivity contribution in [3.8, 4) is 16.8 Å². The van der Waals surface area contributed by atoms with Crippen LogP contribution < -0.4 is 15.6 Å². The van der Waals surface area contributed by atoms with Gasteiger partial charge < -0.3 is 10.3 Å². The third kappa shape index (κ3) is 4.45. The lowest BCUT2D eigenvalue weighted by Crippen LogP contribution is -2.29. The van der Waals surface area contributed by atoms with Gasteiger partial charge in [0.2, 0.25) is 10.9 Å². The molecule has 0 unspecified atom stereocenters. The first-order valence-corrected chi connectivity index (χ1v) is 13.4. The summed E-state index contributed by atoms with van der Waals surface area (Å²) in [6.07, 6.45) is 4.78. The average Bonchev–Trinajstić information content (AvgIpc) is 3.53. The van der Waals surface area contributed by atoms with Crippen LogP contribution in [0.2, 0.25) is 0 Å². The molecule has 0 saturated carbocycles. The van der Waals surface area contributed by atoms with Gasteiger partial charge in [0.1, 0.15) is 29.1 Å². The highest BCUT2D eigenvalue weighted by atomic mass is 32.2. The van der Waals surface area contributed by atoms with Crippen LogP contribution in [0.5, 0.6) is 0 Å². The number of anilines is 2. The Hall–Kier alpha value is -5.04. The summed E-state index contributed by atoms with van der Waals surface area (Å²) in [6, 6.07) is 14.5. The van der Waals surface area contributed by atoms with Crippen molar-refractivity contribution in [1.82, 2.24) is 29.1 Å². The highest BCUT2D eigenvalue weighted by Crippen LogP contribution is 2.35. The van der Waals surface area contributed by atoms with Crippen LogP contribution in [0.1, 0.15) is 24.4 Å². The molecule has 13 heteroatoms. The number of hydrogen-bond acceptors (Lipinski definition) is 7. The van der Waals surface area contributed by atoms with Crippen molar-refractivity contribution in [2.45, 2.75) is 19.9 Å². The normalized spacial score (nSPS) is 12.3. The number of para-hydroxylation sites is 1. The van der Waals surface area contributed by atoms with E-state index >= 15 is 0 Å². The third-order valence-corrected chi connectivity index (χ3v) is 7.01. The SMILES string of the molecule is Cc1ccn2nc([C@H](C)Nc3ncnc4[nH]cc(-c5cc(F)cc(N[SH](=O)=O)c5)c34)n(-c3ccccc3)c(=O)c12. The Morgan fingerprint density at radius 1 is 1.07 bits per heavy atom. The van der Waals surface area contributed by atoms with Gasteiger partial charge >= 0.3 is 0 Å². The summed E-state index contributed by atoms with van der Waals surface area (Å²) in [6.45, 7) is 3.72. The van der Waals surface area contributed by atoms with E-state index in [0.29, 0.717) is 45.0 Å². The number of halogens is 1. The van der Waals surface area contributed by atoms with Crippen molar-refractivity contribution in [1.29, 1.82) is 0 Å². The molecule has 11 nitrogen and oxygen atoms in total. The minimum Gasteiger partial charge on any atom is -0.360 e. The zero-order valence-corrected chi connectivity index (χ0v) is 22.2. The first kappa shape index (κ1) is 25.2. The molecule has 0 bridgehead atoms. The number of aromatic nitrogens is 6. The van der Waals surface area contributed by atoms with Crippen molar-refractivity contribution in [3.63, 3.8) is 0 Å². The number of thiol groups is 1. The fourth-order valence-corrected chi connectivity index (χ4v) is 5.16. The molecule has 3 N–H and O–H groups in total. The number of nitrogens with zero attached hydrogens (tertiary/aromatic N) is 5. The van der Waals surface area contributed by atoms with Gasteiger partial charge in [0.15, 0.2) is 5.82 Å². The van der Waals surface area contributed by atoms with Crippen molar-refractivity contribution in [2.75, 3.05) is 10.0 Å². The van der Waals surface area contributed by atoms with Gasteiger partial charge in [0, 0.05) is 18.0 Å². The summed E-state index contributed by atoms with van der Waals surface area (Å²) in [7, 11) is -2.97. The van der Waals surface area contributed by atoms with Crippen LogP contribution in [0.4, 0.5) is 15.9 Å². The van der Waals surface area contributed by atoms with Gasteiger partial charge in [0.25, 0.3) is 5.56 Å². The maximum absolute atomic E-state index is 14.4. The minimum absolute atomic E-state index is 0.0894. The van der Waals surface area contributed by atoms with E-state index in [1.165, 1.54) is 18.5 Å². The standard InChI is InChI=1S/C27H23FN8O3S/c1-15-8-9-35-23(15)27(37)36(20-6-4-3-5-7-20)26(33-35)16(2)32-25-22-21(13-29-24(22)30-14-31-25)17-10-18(28)12-19(11-17)34-40(38)39/h3-14,16,40H,1-2H3,(H,34,38,39)(H2,29,30,31,32)/t16-/m0/s1. The van der Waals surface area contributed by atoms with Crippen molar-refractivity contribution < 1.29 is 12.8 Å². The Labute approximate surface area is 228 Å². The van der Waals surface area contributed by atoms with Crippen molar-refractivity contribution in [2.24, 2.45) is 0 Å². The predicted octanol–water partition coefficient (Wildman–Crippen LogP) is 3.98. The van der Waals surface area contributed by atoms with E-state index in [9.17, 15) is 17.6 Å². The molecule has 0 aliphatic carbocycles. The second-order valence-electron chi connectivity index (χ2n) is 9.24. The molecular formula is C27H23FN8O3S. The Morgan fingerprint density at radius 2 is 1.88 bits per heavy atom. The van der Waals surface area contributed by atoms with E-state index < -0.39 is 22.7 Å². The monoisotopic (exact) mass is 558 g/mol. The molecule has 0 fully saturated rings. The first-order chi connectivity index (χ1) is 19.3. The highest BCUT2D eigenvalue weighted by Gasteiger charge is 2.22. The summed E-state index contributed by atoms with van der Waals surface area (Å²) in [5.74, 6) is 0.247. The largest absolute Gasteiger partial charge is 0.360 e. The molecule has 0 amide bonds. The topological polar surface area (TPSA) is 139 Å². The lowest BCUT2D eigenvalue weighted by atomic mass is 10.0. The van der Waals surface area contributed by atoms with Gasteiger partial charge in [0.05, 0.1) is 22.8 Å². The number of aromatic amines is 1. The lowest BCUT2D eigenvalue weighted by molar-refractivity contribution is 0.618. The van der Waals surface area contributed by atoms with Crippen LogP contribution in [0.15, 0.2) is 78.1 Å². The van der Waals surface area contributed by atoms with E-state index in [2.05, 4.69) is 25.0 Å². The minimum atomic E-state index is -2.97. The zero-order valence-electron chi connectivity index (χ0n) is 21.3. The van der Waals surface area contributed by atoms with E-state index in [1.807, 2.05) is 50.2 Å². The number of fused-ring (bicyclic) bond motifs is 2. The van der Waals surface area contributed by atoms with E-state index in [4.69, 9.17) is 5.10 Å². The lowest BCUT2D eigenvalue weighted by Gasteiger charge is -2.20. The molecule has 40 heavy (non-hydrogen) atoms. The van der Waals surface area contributed by atoms with Crippen molar-refractivity contribution in [3.05, 3.63) is 101 Å². The van der Waals surface area contributed by atoms with Crippen LogP contribution >= 0.6 is 0 Å². The van der Waals surface area contributed by atoms with Crippen LogP contribution in [-0.2, 0) is 10.9 Å². The number of rotatable bonds is 7. The van der Waals surface area contributed by atoms with Crippen LogP contribution in [0.3, 0.4) is 0 Å². The van der Waals surface area contributed by atoms with Gasteiger partial charge in [-0.1, -0.05) is 18.2 Å². The number of H-pyrrole nitrogens is 1. The Balaban J connectivity index is 1.48. The van der Waals surface area contributed by atoms with Crippen LogP contribution in [0.25, 0.3) is 33.4 Å². The fraction of sp³-hybridized carbons (Fsp3) is 0.111. The fourth-order valence-electron chi connectivity index (χ4n) is 4.82. The number of benzene rings is 2. The summed E-state index contributed by atoms with van der Waals surface area (Å²) in [4.78, 5) is 25.5. The predicted molar refractivity (Wildman–Crippen MR) is 151 cm³/mol. The number of aryl methyl sites for hydroxylation is 1. The second-order valence-corrected chi connectivity index (χ2v) is 9.98. The molecule has 0 saturated heterocycles. The first-order valence-electron chi connectivity index (χ1n) is 12.3. The van der Waals surface area contributed by atoms with Crippen molar-refractivity contribution >= 4 is 38.9 Å². The zero-order chi connectivity index (χ0) is 28.0. The summed E-state index contributed by atoms with van der Waals surface area (Å²) < 4.78 is 42.2. The highest BCUT2D eigenvalue weighted by molar-refractivity contribution is 7.73. The van der Waals surface area contributed by atoms with Gasteiger partial charge in [-0.2, -0.15) is 5.10 Å². The Morgan fingerprint density at radius 3 is 2.65 bits per heavy atom. The summed E-state index contributed by atoms with van der Waals surface area (Å²) in [5, 5.41) is 8.69. The van der Waals surface area contributed by atoms with Crippen LogP contribution in [0, 0.1) is 12.7 Å². The molecule has 0 spiro atoms. The molecule has 4 aromatic heterocycles. The maximum Gasteiger partial charge on any atom is 0.282 e. The Kier molecular flexibility index (Phi) is 6.27. The number of hydrogen-bond donors (Lipinski definition) is 4. The molecular weight excluding hydrogens is 535 g/mol. The van der Waals surface area contributed by atoms with E-state index in [0.717, 1.165) is 11.6 Å². The number of nitrogens with one attached hydrogen (secondary N) is 3. The molecule has 0 aliphatic rings. The third-order valence-electron chi connectivity index (χ3n) is 6.57. The van der Waals surface area contributed by atoms with E-state index in [1.54, 1.807) is 21.5 Å². The maximum atomic E-state index is 14.4. The molecule has 0 aliphatic heterocycles. The van der Waals surface area contributed by atoms with Gasteiger partial charge in [-0.05, 0) is 61.4 Å². The summed E-state index contributed by atoms with van der Waals surface area (Å²) >= 11 is 0.